The molecule has 25 heavy (non-hydrogen) atoms. The van der Waals surface area contributed by atoms with Gasteiger partial charge in [-0.05, 0) is 25.7 Å². The Morgan fingerprint density at radius 3 is 2.04 bits per heavy atom. The molecular formula is C16H35N5O3S. The van der Waals surface area contributed by atoms with Crippen molar-refractivity contribution in [3.8, 4) is 0 Å². The van der Waals surface area contributed by atoms with Crippen molar-refractivity contribution >= 4 is 10.3 Å². The molecule has 0 bridgehead atoms. The van der Waals surface area contributed by atoms with Crippen LogP contribution in [-0.4, -0.2) is 41.6 Å². The molecule has 148 valence electrons. The molecule has 1 heterocycles. The van der Waals surface area contributed by atoms with Crippen molar-refractivity contribution in [1.29, 1.82) is 0 Å². The molecule has 0 aromatic carbocycles. The highest BCUT2D eigenvalue weighted by molar-refractivity contribution is 7.83. The van der Waals surface area contributed by atoms with E-state index in [2.05, 4.69) is 16.5 Å². The molecule has 0 amide bonds. The van der Waals surface area contributed by atoms with Crippen molar-refractivity contribution in [3.05, 3.63) is 0 Å². The summed E-state index contributed by atoms with van der Waals surface area (Å²) in [4.78, 5) is 0. The minimum atomic E-state index is -4.31. The summed E-state index contributed by atoms with van der Waals surface area (Å²) < 4.78 is 35.1. The van der Waals surface area contributed by atoms with E-state index in [1.54, 1.807) is 0 Å². The zero-order valence-electron chi connectivity index (χ0n) is 15.3. The van der Waals surface area contributed by atoms with Gasteiger partial charge in [0.2, 0.25) is 0 Å². The van der Waals surface area contributed by atoms with E-state index in [1.165, 1.54) is 37.2 Å². The van der Waals surface area contributed by atoms with Crippen LogP contribution in [0.15, 0.2) is 0 Å². The molecule has 0 atom stereocenters. The van der Waals surface area contributed by atoms with Gasteiger partial charge in [0.15, 0.2) is 0 Å². The van der Waals surface area contributed by atoms with Crippen molar-refractivity contribution in [2.75, 3.05) is 13.1 Å². The first kappa shape index (κ1) is 21.0. The molecule has 1 saturated heterocycles. The lowest BCUT2D eigenvalue weighted by atomic mass is 9.96. The van der Waals surface area contributed by atoms with Gasteiger partial charge in [-0.25, -0.2) is 5.43 Å². The number of hydrogen-bond donors (Lipinski definition) is 4. The third kappa shape index (κ3) is 7.86. The maximum atomic E-state index is 12.1. The highest BCUT2D eigenvalue weighted by Gasteiger charge is 2.34. The van der Waals surface area contributed by atoms with E-state index in [9.17, 15) is 13.0 Å². The maximum absolute atomic E-state index is 12.1. The van der Waals surface area contributed by atoms with Crippen LogP contribution < -0.4 is 16.5 Å². The SMILES string of the molecule is O=S(=O)(O)N(C1CCCCC1)N1CCCCCCCCCCNNN1. The molecular weight excluding hydrogens is 342 g/mol. The smallest absolute Gasteiger partial charge is 0.272 e. The lowest BCUT2D eigenvalue weighted by Gasteiger charge is -2.39. The lowest BCUT2D eigenvalue weighted by molar-refractivity contribution is -0.0633. The molecule has 2 fully saturated rings. The highest BCUT2D eigenvalue weighted by Crippen LogP contribution is 2.25. The molecule has 9 heteroatoms. The largest absolute Gasteiger partial charge is 0.350 e. The highest BCUT2D eigenvalue weighted by atomic mass is 32.2. The second-order valence-electron chi connectivity index (χ2n) is 7.16. The zero-order chi connectivity index (χ0) is 18.0. The van der Waals surface area contributed by atoms with E-state index in [4.69, 9.17) is 0 Å². The topological polar surface area (TPSA) is 96.9 Å². The standard InChI is InChI=1S/C16H35N5O3S/c22-25(23,24)21(16-12-8-7-9-13-16)20-15-11-6-4-2-1-3-5-10-14-17-18-19-20/h16-19H,1-15H2,(H,22,23,24). The van der Waals surface area contributed by atoms with E-state index in [0.717, 1.165) is 62.3 Å². The first-order chi connectivity index (χ1) is 12.1. The Hall–Kier alpha value is -0.290. The fraction of sp³-hybridized carbons (Fsp3) is 1.00. The second kappa shape index (κ2) is 11.4. The summed E-state index contributed by atoms with van der Waals surface area (Å²) >= 11 is 0. The number of rotatable bonds is 3. The van der Waals surface area contributed by atoms with Gasteiger partial charge >= 0.3 is 10.3 Å². The van der Waals surface area contributed by atoms with Crippen molar-refractivity contribution in [2.24, 2.45) is 0 Å². The van der Waals surface area contributed by atoms with Gasteiger partial charge in [-0.2, -0.15) is 19.5 Å². The molecule has 0 radical (unpaired) electrons. The van der Waals surface area contributed by atoms with E-state index in [1.807, 2.05) is 0 Å². The number of hydrazine groups is 4. The quantitative estimate of drug-likeness (QED) is 0.560. The van der Waals surface area contributed by atoms with Crippen LogP contribution in [0.1, 0.15) is 83.5 Å². The Bertz CT molecular complexity index is 443. The molecule has 1 saturated carbocycles. The summed E-state index contributed by atoms with van der Waals surface area (Å²) in [7, 11) is -4.31. The van der Waals surface area contributed by atoms with Crippen molar-refractivity contribution in [3.63, 3.8) is 0 Å². The molecule has 1 aliphatic carbocycles. The number of nitrogens with zero attached hydrogens (tertiary/aromatic N) is 2. The third-order valence-electron chi connectivity index (χ3n) is 5.06. The monoisotopic (exact) mass is 377 g/mol. The number of hydrogen-bond acceptors (Lipinski definition) is 6. The molecule has 0 aromatic heterocycles. The summed E-state index contributed by atoms with van der Waals surface area (Å²) in [5, 5.41) is 1.53. The second-order valence-corrected chi connectivity index (χ2v) is 8.43. The Morgan fingerprint density at radius 2 is 1.40 bits per heavy atom. The van der Waals surface area contributed by atoms with Crippen LogP contribution in [-0.2, 0) is 10.3 Å². The van der Waals surface area contributed by atoms with Crippen molar-refractivity contribution in [1.82, 2.24) is 26.0 Å². The Morgan fingerprint density at radius 1 is 0.840 bits per heavy atom. The fourth-order valence-corrected chi connectivity index (χ4v) is 4.68. The van der Waals surface area contributed by atoms with Gasteiger partial charge in [-0.3, -0.25) is 4.55 Å². The van der Waals surface area contributed by atoms with Crippen LogP contribution in [0.4, 0.5) is 0 Å². The first-order valence-electron chi connectivity index (χ1n) is 9.87. The van der Waals surface area contributed by atoms with Crippen molar-refractivity contribution < 1.29 is 13.0 Å². The summed E-state index contributed by atoms with van der Waals surface area (Å²) in [5.74, 6) is 0. The van der Waals surface area contributed by atoms with E-state index >= 15 is 0 Å². The minimum Gasteiger partial charge on any atom is -0.272 e. The lowest BCUT2D eigenvalue weighted by Crippen LogP contribution is -2.63. The number of nitrogens with one attached hydrogen (secondary N) is 3. The zero-order valence-corrected chi connectivity index (χ0v) is 16.1. The van der Waals surface area contributed by atoms with Gasteiger partial charge < -0.3 is 0 Å². The van der Waals surface area contributed by atoms with Crippen LogP contribution in [0.5, 0.6) is 0 Å². The van der Waals surface area contributed by atoms with Crippen LogP contribution >= 0.6 is 0 Å². The summed E-state index contributed by atoms with van der Waals surface area (Å²) in [6.45, 7) is 1.35. The molecule has 4 N–H and O–H groups in total. The molecule has 0 aromatic rings. The Labute approximate surface area is 152 Å². The van der Waals surface area contributed by atoms with Gasteiger partial charge in [0.1, 0.15) is 0 Å². The van der Waals surface area contributed by atoms with Crippen LogP contribution in [0.25, 0.3) is 0 Å². The fourth-order valence-electron chi connectivity index (χ4n) is 3.72. The predicted octanol–water partition coefficient (Wildman–Crippen LogP) is 2.29. The molecule has 8 nitrogen and oxygen atoms in total. The summed E-state index contributed by atoms with van der Waals surface area (Å²) in [6.07, 6.45) is 13.9. The normalized spacial score (nSPS) is 24.9. The summed E-state index contributed by atoms with van der Waals surface area (Å²) in [5.41, 5.74) is 8.90. The first-order valence-corrected chi connectivity index (χ1v) is 11.3. The van der Waals surface area contributed by atoms with Crippen LogP contribution in [0.3, 0.4) is 0 Å². The summed E-state index contributed by atoms with van der Waals surface area (Å²) in [6, 6.07) is -0.183. The van der Waals surface area contributed by atoms with E-state index in [0.29, 0.717) is 6.54 Å². The predicted molar refractivity (Wildman–Crippen MR) is 98.2 cm³/mol. The average Bonchev–Trinajstić information content (AvgIpc) is 2.58. The maximum Gasteiger partial charge on any atom is 0.350 e. The van der Waals surface area contributed by atoms with Gasteiger partial charge in [-0.1, -0.05) is 62.2 Å². The minimum absolute atomic E-state index is 0.183. The molecule has 2 rings (SSSR count). The third-order valence-corrected chi connectivity index (χ3v) is 6.02. The average molecular weight is 378 g/mol. The molecule has 1 aliphatic heterocycles. The van der Waals surface area contributed by atoms with Crippen LogP contribution in [0.2, 0.25) is 0 Å². The Balaban J connectivity index is 2.01. The van der Waals surface area contributed by atoms with E-state index < -0.39 is 10.3 Å². The molecule has 2 aliphatic rings. The molecule has 0 unspecified atom stereocenters. The van der Waals surface area contributed by atoms with Gasteiger partial charge in [0, 0.05) is 19.1 Å². The van der Waals surface area contributed by atoms with Gasteiger partial charge in [-0.15, -0.1) is 5.12 Å². The van der Waals surface area contributed by atoms with Gasteiger partial charge in [0.25, 0.3) is 0 Å². The van der Waals surface area contributed by atoms with Gasteiger partial charge in [0.05, 0.1) is 0 Å². The molecule has 0 spiro atoms. The van der Waals surface area contributed by atoms with Crippen molar-refractivity contribution in [2.45, 2.75) is 89.5 Å². The van der Waals surface area contributed by atoms with E-state index in [-0.39, 0.29) is 6.04 Å². The van der Waals surface area contributed by atoms with Crippen LogP contribution in [0, 0.1) is 0 Å². The Kier molecular flexibility index (Phi) is 9.61.